The zero-order valence-electron chi connectivity index (χ0n) is 16.9. The normalized spacial score (nSPS) is 14.1. The number of carbonyl (C=O) groups is 1. The van der Waals surface area contributed by atoms with Gasteiger partial charge in [0.25, 0.3) is 5.91 Å². The molecule has 7 nitrogen and oxygen atoms in total. The summed E-state index contributed by atoms with van der Waals surface area (Å²) in [6.07, 6.45) is 3.33. The summed E-state index contributed by atoms with van der Waals surface area (Å²) in [5.41, 5.74) is 1.06. The number of nitrogens with one attached hydrogen (secondary N) is 1. The van der Waals surface area contributed by atoms with Crippen LogP contribution in [0.5, 0.6) is 0 Å². The van der Waals surface area contributed by atoms with Crippen LogP contribution in [-0.2, 0) is 12.2 Å². The zero-order chi connectivity index (χ0) is 19.9. The van der Waals surface area contributed by atoms with E-state index in [-0.39, 0.29) is 5.91 Å². The number of hydrogen-bond donors (Lipinski definition) is 1. The number of carbonyl (C=O) groups excluding carboxylic acids is 1. The number of aryl methyl sites for hydroxylation is 1. The standard InChI is InChI=1S/C20H29N5O2S/c1-4-15-13-18(25-10-5-6-11-25)23-20(22-15)28-14-16-7-8-17(27-16)19(26)21-9-12-24(2)3/h7-8,13H,4-6,9-12,14H2,1-3H3,(H,21,26). The molecule has 152 valence electrons. The SMILES string of the molecule is CCc1cc(N2CCCC2)nc(SCc2ccc(C(=O)NCCN(C)C)o2)n1. The van der Waals surface area contributed by atoms with Crippen LogP contribution in [0.25, 0.3) is 0 Å². The molecule has 28 heavy (non-hydrogen) atoms. The van der Waals surface area contributed by atoms with Crippen molar-refractivity contribution in [2.45, 2.75) is 37.1 Å². The number of furan rings is 1. The van der Waals surface area contributed by atoms with Gasteiger partial charge in [-0.1, -0.05) is 18.7 Å². The Morgan fingerprint density at radius 2 is 2.07 bits per heavy atom. The number of thioether (sulfide) groups is 1. The van der Waals surface area contributed by atoms with Gasteiger partial charge in [-0.25, -0.2) is 9.97 Å². The lowest BCUT2D eigenvalue weighted by Gasteiger charge is -2.17. The molecule has 0 radical (unpaired) electrons. The van der Waals surface area contributed by atoms with Gasteiger partial charge in [-0.15, -0.1) is 0 Å². The van der Waals surface area contributed by atoms with Crippen LogP contribution in [-0.4, -0.2) is 61.0 Å². The van der Waals surface area contributed by atoms with Crippen LogP contribution in [0.2, 0.25) is 0 Å². The fourth-order valence-corrected chi connectivity index (χ4v) is 3.77. The Morgan fingerprint density at radius 1 is 1.29 bits per heavy atom. The van der Waals surface area contributed by atoms with E-state index in [4.69, 9.17) is 9.40 Å². The minimum atomic E-state index is -0.182. The van der Waals surface area contributed by atoms with Gasteiger partial charge in [0.1, 0.15) is 11.6 Å². The van der Waals surface area contributed by atoms with Crippen molar-refractivity contribution in [1.29, 1.82) is 0 Å². The molecule has 0 aliphatic carbocycles. The Kier molecular flexibility index (Phi) is 7.33. The molecule has 1 aliphatic heterocycles. The van der Waals surface area contributed by atoms with Gasteiger partial charge in [-0.05, 0) is 45.5 Å². The molecule has 1 fully saturated rings. The number of likely N-dealkylation sites (N-methyl/N-ethyl adjacent to an activating group) is 1. The third kappa shape index (κ3) is 5.72. The van der Waals surface area contributed by atoms with Gasteiger partial charge in [0.2, 0.25) is 0 Å². The highest BCUT2D eigenvalue weighted by atomic mass is 32.2. The Bertz CT molecular complexity index is 787. The first-order valence-electron chi connectivity index (χ1n) is 9.82. The van der Waals surface area contributed by atoms with Crippen LogP contribution in [0.3, 0.4) is 0 Å². The Morgan fingerprint density at radius 3 is 2.79 bits per heavy atom. The molecule has 0 bridgehead atoms. The van der Waals surface area contributed by atoms with E-state index in [1.165, 1.54) is 12.8 Å². The lowest BCUT2D eigenvalue weighted by atomic mass is 10.3. The molecule has 3 rings (SSSR count). The smallest absolute Gasteiger partial charge is 0.287 e. The quantitative estimate of drug-likeness (QED) is 0.510. The minimum absolute atomic E-state index is 0.182. The van der Waals surface area contributed by atoms with Gasteiger partial charge in [-0.3, -0.25) is 4.79 Å². The second-order valence-corrected chi connectivity index (χ2v) is 8.10. The van der Waals surface area contributed by atoms with Crippen LogP contribution in [0.4, 0.5) is 5.82 Å². The van der Waals surface area contributed by atoms with E-state index in [1.54, 1.807) is 17.8 Å². The molecule has 0 unspecified atom stereocenters. The number of amides is 1. The Hall–Kier alpha value is -2.06. The average Bonchev–Trinajstić information content (AvgIpc) is 3.37. The summed E-state index contributed by atoms with van der Waals surface area (Å²) in [5, 5.41) is 3.62. The van der Waals surface area contributed by atoms with Crippen molar-refractivity contribution in [2.75, 3.05) is 45.2 Å². The van der Waals surface area contributed by atoms with E-state index in [0.717, 1.165) is 48.5 Å². The first-order valence-corrected chi connectivity index (χ1v) is 10.8. The molecule has 0 spiro atoms. The van der Waals surface area contributed by atoms with Crippen molar-refractivity contribution in [3.63, 3.8) is 0 Å². The van der Waals surface area contributed by atoms with Crippen molar-refractivity contribution in [1.82, 2.24) is 20.2 Å². The van der Waals surface area contributed by atoms with Gasteiger partial charge in [0.15, 0.2) is 10.9 Å². The van der Waals surface area contributed by atoms with Crippen LogP contribution < -0.4 is 10.2 Å². The van der Waals surface area contributed by atoms with E-state index in [2.05, 4.69) is 28.2 Å². The van der Waals surface area contributed by atoms with E-state index in [0.29, 0.717) is 18.1 Å². The molecule has 0 saturated carbocycles. The molecule has 2 aromatic heterocycles. The van der Waals surface area contributed by atoms with Crippen molar-refractivity contribution < 1.29 is 9.21 Å². The van der Waals surface area contributed by atoms with Gasteiger partial charge in [0.05, 0.1) is 5.75 Å². The van der Waals surface area contributed by atoms with E-state index >= 15 is 0 Å². The maximum absolute atomic E-state index is 12.1. The van der Waals surface area contributed by atoms with Crippen molar-refractivity contribution in [3.05, 3.63) is 35.4 Å². The molecule has 0 aromatic carbocycles. The molecule has 3 heterocycles. The number of rotatable bonds is 9. The van der Waals surface area contributed by atoms with Crippen LogP contribution in [0, 0.1) is 0 Å². The topological polar surface area (TPSA) is 74.5 Å². The fraction of sp³-hybridized carbons (Fsp3) is 0.550. The van der Waals surface area contributed by atoms with E-state index < -0.39 is 0 Å². The average molecular weight is 404 g/mol. The number of nitrogens with zero attached hydrogens (tertiary/aromatic N) is 4. The summed E-state index contributed by atoms with van der Waals surface area (Å²) in [7, 11) is 3.94. The van der Waals surface area contributed by atoms with Gasteiger partial charge >= 0.3 is 0 Å². The summed E-state index contributed by atoms with van der Waals surface area (Å²) >= 11 is 1.54. The lowest BCUT2D eigenvalue weighted by molar-refractivity contribution is 0.0922. The van der Waals surface area contributed by atoms with Crippen molar-refractivity contribution >= 4 is 23.5 Å². The number of aromatic nitrogens is 2. The molecule has 8 heteroatoms. The predicted octanol–water partition coefficient (Wildman–Crippen LogP) is 2.82. The summed E-state index contributed by atoms with van der Waals surface area (Å²) < 4.78 is 5.70. The zero-order valence-corrected chi connectivity index (χ0v) is 17.7. The first kappa shape index (κ1) is 20.7. The van der Waals surface area contributed by atoms with Gasteiger partial charge in [0, 0.05) is 37.9 Å². The highest BCUT2D eigenvalue weighted by Gasteiger charge is 2.16. The van der Waals surface area contributed by atoms with Crippen molar-refractivity contribution in [2.24, 2.45) is 0 Å². The highest BCUT2D eigenvalue weighted by molar-refractivity contribution is 7.98. The van der Waals surface area contributed by atoms with Gasteiger partial charge in [-0.2, -0.15) is 0 Å². The minimum Gasteiger partial charge on any atom is -0.455 e. The highest BCUT2D eigenvalue weighted by Crippen LogP contribution is 2.25. The molecule has 0 atom stereocenters. The van der Waals surface area contributed by atoms with Crippen molar-refractivity contribution in [3.8, 4) is 0 Å². The third-order valence-electron chi connectivity index (χ3n) is 4.61. The molecule has 1 amide bonds. The van der Waals surface area contributed by atoms with Gasteiger partial charge < -0.3 is 19.5 Å². The third-order valence-corrected chi connectivity index (χ3v) is 5.48. The first-order chi connectivity index (χ1) is 13.5. The fourth-order valence-electron chi connectivity index (χ4n) is 3.01. The number of anilines is 1. The molecular weight excluding hydrogens is 374 g/mol. The number of hydrogen-bond acceptors (Lipinski definition) is 7. The summed E-state index contributed by atoms with van der Waals surface area (Å²) in [5.74, 6) is 2.52. The molecule has 1 aliphatic rings. The second-order valence-electron chi connectivity index (χ2n) is 7.16. The monoisotopic (exact) mass is 403 g/mol. The summed E-state index contributed by atoms with van der Waals surface area (Å²) in [4.78, 5) is 25.8. The second kappa shape index (κ2) is 9.93. The van der Waals surface area contributed by atoms with E-state index in [9.17, 15) is 4.79 Å². The van der Waals surface area contributed by atoms with Crippen LogP contribution >= 0.6 is 11.8 Å². The van der Waals surface area contributed by atoms with E-state index in [1.807, 2.05) is 25.1 Å². The molecule has 1 saturated heterocycles. The maximum atomic E-state index is 12.1. The van der Waals surface area contributed by atoms with Crippen LogP contribution in [0.1, 0.15) is 41.8 Å². The lowest BCUT2D eigenvalue weighted by Crippen LogP contribution is -2.31. The Balaban J connectivity index is 1.59. The molecular formula is C20H29N5O2S. The Labute approximate surface area is 170 Å². The maximum Gasteiger partial charge on any atom is 0.287 e. The summed E-state index contributed by atoms with van der Waals surface area (Å²) in [6, 6.07) is 5.66. The largest absolute Gasteiger partial charge is 0.455 e. The molecule has 2 aromatic rings. The predicted molar refractivity (Wildman–Crippen MR) is 112 cm³/mol. The molecule has 1 N–H and O–H groups in total. The summed E-state index contributed by atoms with van der Waals surface area (Å²) in [6.45, 7) is 5.62. The van der Waals surface area contributed by atoms with Crippen LogP contribution in [0.15, 0.2) is 27.8 Å².